The van der Waals surface area contributed by atoms with E-state index in [9.17, 15) is 9.59 Å². The maximum atomic E-state index is 12.6. The molecule has 0 saturated carbocycles. The molecule has 6 nitrogen and oxygen atoms in total. The van der Waals surface area contributed by atoms with Crippen molar-refractivity contribution in [1.82, 2.24) is 4.98 Å². The molecule has 2 N–H and O–H groups in total. The first-order valence-electron chi connectivity index (χ1n) is 8.57. The molecule has 0 atom stereocenters. The molecule has 0 bridgehead atoms. The van der Waals surface area contributed by atoms with Gasteiger partial charge in [-0.2, -0.15) is 0 Å². The summed E-state index contributed by atoms with van der Waals surface area (Å²) in [5.74, 6) is -0.291. The van der Waals surface area contributed by atoms with Gasteiger partial charge in [-0.25, -0.2) is 4.79 Å². The Morgan fingerprint density at radius 3 is 2.48 bits per heavy atom. The van der Waals surface area contributed by atoms with E-state index in [2.05, 4.69) is 15.6 Å². The van der Waals surface area contributed by atoms with Gasteiger partial charge >= 0.3 is 6.09 Å². The Labute approximate surface area is 157 Å². The van der Waals surface area contributed by atoms with E-state index in [1.165, 1.54) is 0 Å². The molecule has 1 heterocycles. The van der Waals surface area contributed by atoms with Gasteiger partial charge in [-0.15, -0.1) is 0 Å². The van der Waals surface area contributed by atoms with Gasteiger partial charge in [-0.05, 0) is 51.1 Å². The van der Waals surface area contributed by atoms with Crippen molar-refractivity contribution in [2.75, 3.05) is 10.6 Å². The zero-order valence-corrected chi connectivity index (χ0v) is 15.4. The van der Waals surface area contributed by atoms with Crippen LogP contribution in [-0.4, -0.2) is 22.6 Å². The predicted octanol–water partition coefficient (Wildman–Crippen LogP) is 4.83. The van der Waals surface area contributed by atoms with Crippen molar-refractivity contribution in [3.05, 3.63) is 66.4 Å². The van der Waals surface area contributed by atoms with E-state index in [0.717, 1.165) is 10.9 Å². The van der Waals surface area contributed by atoms with E-state index >= 15 is 0 Å². The molecule has 0 aliphatic heterocycles. The Kier molecular flexibility index (Phi) is 5.07. The number of pyridine rings is 1. The van der Waals surface area contributed by atoms with E-state index in [1.807, 2.05) is 24.3 Å². The SMILES string of the molecule is CC(C)(C)OC(=O)Nc1cccc(C(=O)Nc2cccc3cccnc23)c1. The number of nitrogens with zero attached hydrogens (tertiary/aromatic N) is 1. The van der Waals surface area contributed by atoms with Crippen molar-refractivity contribution in [2.24, 2.45) is 0 Å². The van der Waals surface area contributed by atoms with Crippen LogP contribution in [0.1, 0.15) is 31.1 Å². The first-order valence-corrected chi connectivity index (χ1v) is 8.57. The van der Waals surface area contributed by atoms with Gasteiger partial charge in [0.2, 0.25) is 0 Å². The highest BCUT2D eigenvalue weighted by Crippen LogP contribution is 2.22. The number of fused-ring (bicyclic) bond motifs is 1. The Morgan fingerprint density at radius 2 is 1.70 bits per heavy atom. The zero-order valence-electron chi connectivity index (χ0n) is 15.4. The molecule has 1 aromatic heterocycles. The molecule has 0 fully saturated rings. The van der Waals surface area contributed by atoms with E-state index in [0.29, 0.717) is 16.9 Å². The fourth-order valence-electron chi connectivity index (χ4n) is 2.56. The summed E-state index contributed by atoms with van der Waals surface area (Å²) < 4.78 is 5.23. The number of aromatic nitrogens is 1. The third kappa shape index (κ3) is 4.82. The van der Waals surface area contributed by atoms with Crippen LogP contribution >= 0.6 is 0 Å². The molecule has 3 aromatic rings. The first kappa shape index (κ1) is 18.4. The smallest absolute Gasteiger partial charge is 0.412 e. The third-order valence-corrected chi connectivity index (χ3v) is 3.65. The lowest BCUT2D eigenvalue weighted by Gasteiger charge is -2.19. The molecular weight excluding hydrogens is 342 g/mol. The molecule has 0 aliphatic rings. The Bertz CT molecular complexity index is 988. The van der Waals surface area contributed by atoms with Gasteiger partial charge in [-0.3, -0.25) is 15.1 Å². The van der Waals surface area contributed by atoms with Gasteiger partial charge in [0.05, 0.1) is 11.2 Å². The second kappa shape index (κ2) is 7.45. The standard InChI is InChI=1S/C21H21N3O3/c1-21(2,3)27-20(26)23-16-10-4-8-15(13-16)19(25)24-17-11-5-7-14-9-6-12-22-18(14)17/h4-13H,1-3H3,(H,23,26)(H,24,25). The molecule has 2 aromatic carbocycles. The van der Waals surface area contributed by atoms with Gasteiger partial charge in [0.15, 0.2) is 0 Å². The Balaban J connectivity index is 1.76. The van der Waals surface area contributed by atoms with E-state index in [4.69, 9.17) is 4.74 Å². The minimum atomic E-state index is -0.597. The molecule has 2 amide bonds. The molecule has 0 radical (unpaired) electrons. The van der Waals surface area contributed by atoms with Crippen molar-refractivity contribution in [3.63, 3.8) is 0 Å². The molecule has 0 saturated heterocycles. The van der Waals surface area contributed by atoms with Gasteiger partial charge in [-0.1, -0.05) is 24.3 Å². The van der Waals surface area contributed by atoms with Crippen LogP contribution in [0.15, 0.2) is 60.8 Å². The van der Waals surface area contributed by atoms with Crippen molar-refractivity contribution < 1.29 is 14.3 Å². The number of anilines is 2. The van der Waals surface area contributed by atoms with Crippen LogP contribution in [0.3, 0.4) is 0 Å². The number of amides is 2. The molecule has 3 rings (SSSR count). The minimum absolute atomic E-state index is 0.291. The van der Waals surface area contributed by atoms with Crippen LogP contribution in [0, 0.1) is 0 Å². The van der Waals surface area contributed by atoms with Crippen LogP contribution in [0.5, 0.6) is 0 Å². The lowest BCUT2D eigenvalue weighted by atomic mass is 10.1. The highest BCUT2D eigenvalue weighted by atomic mass is 16.6. The van der Waals surface area contributed by atoms with Crippen molar-refractivity contribution >= 4 is 34.3 Å². The van der Waals surface area contributed by atoms with E-state index in [1.54, 1.807) is 57.3 Å². The fourth-order valence-corrected chi connectivity index (χ4v) is 2.56. The maximum Gasteiger partial charge on any atom is 0.412 e. The summed E-state index contributed by atoms with van der Waals surface area (Å²) in [4.78, 5) is 28.9. The molecule has 27 heavy (non-hydrogen) atoms. The topological polar surface area (TPSA) is 80.3 Å². The average molecular weight is 363 g/mol. The monoisotopic (exact) mass is 363 g/mol. The van der Waals surface area contributed by atoms with E-state index in [-0.39, 0.29) is 5.91 Å². The number of rotatable bonds is 3. The van der Waals surface area contributed by atoms with Crippen LogP contribution in [0.4, 0.5) is 16.2 Å². The molecule has 6 heteroatoms. The normalized spacial score (nSPS) is 11.1. The molecule has 0 unspecified atom stereocenters. The lowest BCUT2D eigenvalue weighted by Crippen LogP contribution is -2.27. The number of carbonyl (C=O) groups is 2. The number of benzene rings is 2. The van der Waals surface area contributed by atoms with Gasteiger partial charge in [0, 0.05) is 22.8 Å². The summed E-state index contributed by atoms with van der Waals surface area (Å²) in [7, 11) is 0. The minimum Gasteiger partial charge on any atom is -0.444 e. The van der Waals surface area contributed by atoms with Crippen molar-refractivity contribution in [3.8, 4) is 0 Å². The number of carbonyl (C=O) groups excluding carboxylic acids is 2. The molecule has 0 aliphatic carbocycles. The van der Waals surface area contributed by atoms with Crippen molar-refractivity contribution in [2.45, 2.75) is 26.4 Å². The highest BCUT2D eigenvalue weighted by Gasteiger charge is 2.17. The summed E-state index contributed by atoms with van der Waals surface area (Å²) in [6.07, 6.45) is 1.11. The summed E-state index contributed by atoms with van der Waals surface area (Å²) in [5, 5.41) is 6.45. The predicted molar refractivity (Wildman–Crippen MR) is 106 cm³/mol. The molecule has 138 valence electrons. The van der Waals surface area contributed by atoms with Crippen LogP contribution < -0.4 is 10.6 Å². The number of ether oxygens (including phenoxy) is 1. The number of nitrogens with one attached hydrogen (secondary N) is 2. The van der Waals surface area contributed by atoms with E-state index < -0.39 is 11.7 Å². The molecule has 0 spiro atoms. The summed E-state index contributed by atoms with van der Waals surface area (Å²) in [5.41, 5.74) is 1.64. The van der Waals surface area contributed by atoms with Gasteiger partial charge in [0.1, 0.15) is 5.60 Å². The Hall–Kier alpha value is -3.41. The van der Waals surface area contributed by atoms with Gasteiger partial charge < -0.3 is 10.1 Å². The highest BCUT2D eigenvalue weighted by molar-refractivity contribution is 6.08. The average Bonchev–Trinajstić information content (AvgIpc) is 2.60. The zero-order chi connectivity index (χ0) is 19.4. The summed E-state index contributed by atoms with van der Waals surface area (Å²) in [6, 6.07) is 16.0. The maximum absolute atomic E-state index is 12.6. The summed E-state index contributed by atoms with van der Waals surface area (Å²) in [6.45, 7) is 5.36. The second-order valence-electron chi connectivity index (χ2n) is 7.04. The van der Waals surface area contributed by atoms with Crippen LogP contribution in [0.2, 0.25) is 0 Å². The lowest BCUT2D eigenvalue weighted by molar-refractivity contribution is 0.0635. The largest absolute Gasteiger partial charge is 0.444 e. The third-order valence-electron chi connectivity index (χ3n) is 3.65. The molecular formula is C21H21N3O3. The fraction of sp³-hybridized carbons (Fsp3) is 0.190. The number of para-hydroxylation sites is 1. The Morgan fingerprint density at radius 1 is 0.963 bits per heavy atom. The quantitative estimate of drug-likeness (QED) is 0.698. The van der Waals surface area contributed by atoms with Crippen LogP contribution in [-0.2, 0) is 4.74 Å². The summed E-state index contributed by atoms with van der Waals surface area (Å²) >= 11 is 0. The number of hydrogen-bond donors (Lipinski definition) is 2. The second-order valence-corrected chi connectivity index (χ2v) is 7.04. The number of hydrogen-bond acceptors (Lipinski definition) is 4. The van der Waals surface area contributed by atoms with Crippen molar-refractivity contribution in [1.29, 1.82) is 0 Å². The van der Waals surface area contributed by atoms with Gasteiger partial charge in [0.25, 0.3) is 5.91 Å². The van der Waals surface area contributed by atoms with Crippen LogP contribution in [0.25, 0.3) is 10.9 Å². The first-order chi connectivity index (χ1) is 12.8.